The molecule has 188 valence electrons. The van der Waals surface area contributed by atoms with Crippen molar-refractivity contribution in [1.82, 2.24) is 15.6 Å². The molecule has 8 heteroatoms. The van der Waals surface area contributed by atoms with Crippen molar-refractivity contribution >= 4 is 22.9 Å². The Kier molecular flexibility index (Phi) is 9.06. The third-order valence-corrected chi connectivity index (χ3v) is 7.01. The number of carbonyl (C=O) groups excluding carboxylic acids is 1. The summed E-state index contributed by atoms with van der Waals surface area (Å²) in [5, 5.41) is 17.6. The van der Waals surface area contributed by atoms with Gasteiger partial charge in [0.25, 0.3) is 0 Å². The Bertz CT molecular complexity index is 1130. The molecule has 4 rings (SSSR count). The van der Waals surface area contributed by atoms with E-state index in [1.165, 1.54) is 17.0 Å². The minimum atomic E-state index is -0.676. The number of nitrogens with one attached hydrogen (secondary N) is 2. The van der Waals surface area contributed by atoms with Gasteiger partial charge >= 0.3 is 0 Å². The maximum absolute atomic E-state index is 12.7. The molecular weight excluding hydrogens is 470 g/mol. The second-order valence-electron chi connectivity index (χ2n) is 9.29. The van der Waals surface area contributed by atoms with Crippen LogP contribution in [-0.2, 0) is 9.53 Å². The minimum Gasteiger partial charge on any atom is -0.369 e. The predicted molar refractivity (Wildman–Crippen MR) is 144 cm³/mol. The van der Waals surface area contributed by atoms with Crippen LogP contribution >= 0.6 is 11.3 Å². The standard InChI is InChI=1S/C28H33N5O2S/c1-20(2)19-25(27(34)31-12-11-29)35-26(28-32-15-18-36-28)23-5-3-21(4-6-23)22-7-9-24(10-8-22)33-16-13-30-14-17-33/h3-10,15,18,20,25-26,30H,12-14,16-17,19H2,1-2H3,(H,31,34). The molecule has 3 aromatic rings. The van der Waals surface area contributed by atoms with Crippen molar-refractivity contribution in [3.8, 4) is 17.2 Å². The summed E-state index contributed by atoms with van der Waals surface area (Å²) in [6.07, 6.45) is 1.16. The largest absolute Gasteiger partial charge is 0.369 e. The Labute approximate surface area is 217 Å². The second-order valence-corrected chi connectivity index (χ2v) is 10.2. The van der Waals surface area contributed by atoms with Gasteiger partial charge in [-0.1, -0.05) is 50.2 Å². The predicted octanol–water partition coefficient (Wildman–Crippen LogP) is 4.38. The lowest BCUT2D eigenvalue weighted by molar-refractivity contribution is -0.136. The first-order valence-electron chi connectivity index (χ1n) is 12.4. The third-order valence-electron chi connectivity index (χ3n) is 6.19. The number of rotatable bonds is 10. The minimum absolute atomic E-state index is 0.0408. The molecular formula is C28H33N5O2S. The first-order valence-corrected chi connectivity index (χ1v) is 13.3. The molecule has 1 saturated heterocycles. The van der Waals surface area contributed by atoms with E-state index in [4.69, 9.17) is 10.00 Å². The normalized spacial score (nSPS) is 15.3. The number of aromatic nitrogens is 1. The van der Waals surface area contributed by atoms with Crippen LogP contribution in [0.15, 0.2) is 60.1 Å². The number of hydrogen-bond donors (Lipinski definition) is 2. The maximum atomic E-state index is 12.7. The zero-order valence-corrected chi connectivity index (χ0v) is 21.6. The summed E-state index contributed by atoms with van der Waals surface area (Å²) in [6.45, 7) is 8.15. The summed E-state index contributed by atoms with van der Waals surface area (Å²) in [5.41, 5.74) is 4.46. The summed E-state index contributed by atoms with van der Waals surface area (Å²) in [7, 11) is 0. The van der Waals surface area contributed by atoms with Gasteiger partial charge in [0, 0.05) is 43.4 Å². The molecule has 7 nitrogen and oxygen atoms in total. The summed E-state index contributed by atoms with van der Waals surface area (Å²) in [5.74, 6) is -0.0145. The average Bonchev–Trinajstić information content (AvgIpc) is 3.45. The lowest BCUT2D eigenvalue weighted by Crippen LogP contribution is -2.43. The van der Waals surface area contributed by atoms with Crippen molar-refractivity contribution in [2.75, 3.05) is 37.6 Å². The summed E-state index contributed by atoms with van der Waals surface area (Å²) in [4.78, 5) is 19.6. The van der Waals surface area contributed by atoms with Crippen LogP contribution in [0.5, 0.6) is 0 Å². The van der Waals surface area contributed by atoms with E-state index in [0.717, 1.165) is 47.9 Å². The molecule has 0 aliphatic carbocycles. The third kappa shape index (κ3) is 6.70. The van der Waals surface area contributed by atoms with Gasteiger partial charge in [-0.25, -0.2) is 4.98 Å². The number of nitriles is 1. The van der Waals surface area contributed by atoms with E-state index in [1.807, 2.05) is 23.6 Å². The lowest BCUT2D eigenvalue weighted by Gasteiger charge is -2.29. The van der Waals surface area contributed by atoms with Gasteiger partial charge in [-0.3, -0.25) is 4.79 Å². The zero-order valence-electron chi connectivity index (χ0n) is 20.8. The number of thiazole rings is 1. The van der Waals surface area contributed by atoms with Gasteiger partial charge in [0.15, 0.2) is 0 Å². The van der Waals surface area contributed by atoms with E-state index in [-0.39, 0.29) is 18.4 Å². The Morgan fingerprint density at radius 1 is 1.14 bits per heavy atom. The SMILES string of the molecule is CC(C)CC(OC(c1ccc(-c2ccc(N3CCNCC3)cc2)cc1)c1nccs1)C(=O)NCC#N. The molecule has 2 atom stereocenters. The van der Waals surface area contributed by atoms with Crippen LogP contribution in [0.25, 0.3) is 11.1 Å². The molecule has 2 heterocycles. The van der Waals surface area contributed by atoms with Gasteiger partial charge in [-0.2, -0.15) is 5.26 Å². The van der Waals surface area contributed by atoms with E-state index in [1.54, 1.807) is 6.20 Å². The zero-order chi connectivity index (χ0) is 25.3. The van der Waals surface area contributed by atoms with Crippen molar-refractivity contribution < 1.29 is 9.53 Å². The van der Waals surface area contributed by atoms with Crippen molar-refractivity contribution in [1.29, 1.82) is 5.26 Å². The second kappa shape index (κ2) is 12.6. The fourth-order valence-electron chi connectivity index (χ4n) is 4.34. The van der Waals surface area contributed by atoms with E-state index >= 15 is 0 Å². The summed E-state index contributed by atoms with van der Waals surface area (Å²) in [6, 6.07) is 18.9. The van der Waals surface area contributed by atoms with Gasteiger partial charge in [-0.05, 0) is 41.2 Å². The summed E-state index contributed by atoms with van der Waals surface area (Å²) >= 11 is 1.50. The number of nitrogens with zero attached hydrogens (tertiary/aromatic N) is 3. The Morgan fingerprint density at radius 2 is 1.81 bits per heavy atom. The molecule has 1 fully saturated rings. The van der Waals surface area contributed by atoms with Crippen molar-refractivity contribution in [2.45, 2.75) is 32.5 Å². The Morgan fingerprint density at radius 3 is 2.39 bits per heavy atom. The molecule has 1 amide bonds. The van der Waals surface area contributed by atoms with Gasteiger partial charge in [0.05, 0.1) is 6.07 Å². The molecule has 1 aliphatic rings. The Hall–Kier alpha value is -3.25. The fourth-order valence-corrected chi connectivity index (χ4v) is 5.04. The number of amides is 1. The van der Waals surface area contributed by atoms with Gasteiger partial charge < -0.3 is 20.3 Å². The van der Waals surface area contributed by atoms with Crippen LogP contribution in [-0.4, -0.2) is 49.7 Å². The quantitative estimate of drug-likeness (QED) is 0.399. The smallest absolute Gasteiger partial charge is 0.250 e. The van der Waals surface area contributed by atoms with Gasteiger partial charge in [0.2, 0.25) is 5.91 Å². The number of piperazine rings is 1. The van der Waals surface area contributed by atoms with Crippen LogP contribution in [0.1, 0.15) is 36.9 Å². The Balaban J connectivity index is 1.53. The highest BCUT2D eigenvalue weighted by Gasteiger charge is 2.28. The molecule has 2 N–H and O–H groups in total. The monoisotopic (exact) mass is 503 g/mol. The van der Waals surface area contributed by atoms with E-state index in [0.29, 0.717) is 6.42 Å². The van der Waals surface area contributed by atoms with Gasteiger partial charge in [-0.15, -0.1) is 11.3 Å². The number of benzene rings is 2. The molecule has 36 heavy (non-hydrogen) atoms. The van der Waals surface area contributed by atoms with E-state index < -0.39 is 12.2 Å². The number of ether oxygens (including phenoxy) is 1. The van der Waals surface area contributed by atoms with E-state index in [2.05, 4.69) is 70.8 Å². The van der Waals surface area contributed by atoms with Crippen LogP contribution in [0, 0.1) is 17.2 Å². The van der Waals surface area contributed by atoms with Crippen LogP contribution in [0.4, 0.5) is 5.69 Å². The molecule has 1 aromatic heterocycles. The van der Waals surface area contributed by atoms with Crippen molar-refractivity contribution in [2.24, 2.45) is 5.92 Å². The van der Waals surface area contributed by atoms with Crippen molar-refractivity contribution in [3.63, 3.8) is 0 Å². The molecule has 0 spiro atoms. The van der Waals surface area contributed by atoms with Crippen molar-refractivity contribution in [3.05, 3.63) is 70.7 Å². The van der Waals surface area contributed by atoms with Crippen LogP contribution in [0.3, 0.4) is 0 Å². The lowest BCUT2D eigenvalue weighted by atomic mass is 10.0. The molecule has 0 saturated carbocycles. The topological polar surface area (TPSA) is 90.3 Å². The number of anilines is 1. The first-order chi connectivity index (χ1) is 17.5. The fraction of sp³-hybridized carbons (Fsp3) is 0.393. The highest BCUT2D eigenvalue weighted by Crippen LogP contribution is 2.32. The maximum Gasteiger partial charge on any atom is 0.250 e. The summed E-state index contributed by atoms with van der Waals surface area (Å²) < 4.78 is 6.40. The molecule has 0 bridgehead atoms. The highest BCUT2D eigenvalue weighted by atomic mass is 32.1. The first kappa shape index (κ1) is 25.8. The van der Waals surface area contributed by atoms with E-state index in [9.17, 15) is 4.79 Å². The highest BCUT2D eigenvalue weighted by molar-refractivity contribution is 7.09. The van der Waals surface area contributed by atoms with Gasteiger partial charge in [0.1, 0.15) is 23.8 Å². The molecule has 0 radical (unpaired) electrons. The average molecular weight is 504 g/mol. The van der Waals surface area contributed by atoms with Crippen LogP contribution in [0.2, 0.25) is 0 Å². The number of carbonyl (C=O) groups is 1. The molecule has 2 aromatic carbocycles. The molecule has 1 aliphatic heterocycles. The number of hydrogen-bond acceptors (Lipinski definition) is 7. The van der Waals surface area contributed by atoms with Crippen LogP contribution < -0.4 is 15.5 Å². The molecule has 2 unspecified atom stereocenters.